The van der Waals surface area contributed by atoms with E-state index in [0.29, 0.717) is 12.4 Å². The van der Waals surface area contributed by atoms with Gasteiger partial charge >= 0.3 is 0 Å². The van der Waals surface area contributed by atoms with Gasteiger partial charge in [0.05, 0.1) is 6.21 Å². The summed E-state index contributed by atoms with van der Waals surface area (Å²) < 4.78 is 20.2. The quantitative estimate of drug-likeness (QED) is 0.680. The van der Waals surface area contributed by atoms with Crippen LogP contribution in [0.4, 0.5) is 4.39 Å². The fourth-order valence-corrected chi connectivity index (χ4v) is 1.84. The Bertz CT molecular complexity index is 754. The molecule has 6 heteroatoms. The summed E-state index contributed by atoms with van der Waals surface area (Å²) in [5.74, 6) is 0.439. The summed E-state index contributed by atoms with van der Waals surface area (Å²) in [5.41, 5.74) is 1.73. The van der Waals surface area contributed by atoms with E-state index in [2.05, 4.69) is 15.3 Å². The Labute approximate surface area is 126 Å². The van der Waals surface area contributed by atoms with Crippen molar-refractivity contribution in [2.24, 2.45) is 5.10 Å². The fraction of sp³-hybridized carbons (Fsp3) is 0.0625. The second-order valence-electron chi connectivity index (χ2n) is 4.54. The van der Waals surface area contributed by atoms with Crippen LogP contribution in [0.15, 0.2) is 66.3 Å². The highest BCUT2D eigenvalue weighted by molar-refractivity contribution is 5.83. The highest BCUT2D eigenvalue weighted by atomic mass is 19.1. The Kier molecular flexibility index (Phi) is 4.20. The first kappa shape index (κ1) is 13.9. The molecule has 3 rings (SSSR count). The number of ether oxygens (including phenoxy) is 1. The minimum absolute atomic E-state index is 0.259. The van der Waals surface area contributed by atoms with E-state index in [1.165, 1.54) is 29.5 Å². The first-order chi connectivity index (χ1) is 10.8. The maximum absolute atomic E-state index is 12.9. The Morgan fingerprint density at radius 2 is 1.77 bits per heavy atom. The van der Waals surface area contributed by atoms with E-state index < -0.39 is 0 Å². The molecular weight excluding hydrogens is 283 g/mol. The number of hydrogen-bond acceptors (Lipinski definition) is 4. The average molecular weight is 296 g/mol. The van der Waals surface area contributed by atoms with E-state index in [9.17, 15) is 4.39 Å². The van der Waals surface area contributed by atoms with Crippen LogP contribution in [0.1, 0.15) is 11.1 Å². The van der Waals surface area contributed by atoms with E-state index in [-0.39, 0.29) is 5.82 Å². The van der Waals surface area contributed by atoms with Gasteiger partial charge in [0.2, 0.25) is 0 Å². The lowest BCUT2D eigenvalue weighted by atomic mass is 10.2. The second kappa shape index (κ2) is 6.62. The molecule has 1 heterocycles. The number of rotatable bonds is 5. The number of benzene rings is 2. The molecule has 0 amide bonds. The predicted octanol–water partition coefficient (Wildman–Crippen LogP) is 2.88. The van der Waals surface area contributed by atoms with Crippen molar-refractivity contribution in [2.45, 2.75) is 6.61 Å². The summed E-state index contributed by atoms with van der Waals surface area (Å²) in [6.07, 6.45) is 4.67. The van der Waals surface area contributed by atoms with Crippen molar-refractivity contribution < 1.29 is 9.13 Å². The third-order valence-corrected chi connectivity index (χ3v) is 2.96. The molecule has 0 fully saturated rings. The maximum atomic E-state index is 12.9. The smallest absolute Gasteiger partial charge is 0.141 e. The first-order valence-electron chi connectivity index (χ1n) is 6.66. The van der Waals surface area contributed by atoms with E-state index in [1.54, 1.807) is 18.3 Å². The summed E-state index contributed by atoms with van der Waals surface area (Å²) in [4.78, 5) is 0. The van der Waals surface area contributed by atoms with E-state index in [1.807, 2.05) is 24.3 Å². The normalized spacial score (nSPS) is 11.0. The summed E-state index contributed by atoms with van der Waals surface area (Å²) >= 11 is 0. The van der Waals surface area contributed by atoms with Gasteiger partial charge < -0.3 is 4.74 Å². The molecule has 0 N–H and O–H groups in total. The lowest BCUT2D eigenvalue weighted by Crippen LogP contribution is -1.99. The largest absolute Gasteiger partial charge is 0.488 e. The van der Waals surface area contributed by atoms with Crippen LogP contribution in [0, 0.1) is 5.82 Å². The van der Waals surface area contributed by atoms with Crippen molar-refractivity contribution in [1.29, 1.82) is 0 Å². The van der Waals surface area contributed by atoms with Gasteiger partial charge in [-0.2, -0.15) is 5.10 Å². The molecule has 0 bridgehead atoms. The molecule has 0 aliphatic carbocycles. The van der Waals surface area contributed by atoms with E-state index in [0.717, 1.165) is 11.1 Å². The molecule has 2 aromatic carbocycles. The number of halogens is 1. The molecule has 0 aliphatic heterocycles. The molecule has 0 unspecified atom stereocenters. The molecular formula is C16H13FN4O. The van der Waals surface area contributed by atoms with Gasteiger partial charge in [0.15, 0.2) is 0 Å². The molecule has 22 heavy (non-hydrogen) atoms. The standard InChI is InChI=1S/C16H13FN4O/c17-15-7-5-13(6-8-15)10-22-16-4-2-1-3-14(16)9-20-21-11-18-19-12-21/h1-9,11-12H,10H2/b20-9+. The lowest BCUT2D eigenvalue weighted by Gasteiger charge is -2.09. The summed E-state index contributed by atoms with van der Waals surface area (Å²) in [5, 5.41) is 11.6. The topological polar surface area (TPSA) is 52.3 Å². The zero-order valence-electron chi connectivity index (χ0n) is 11.6. The minimum Gasteiger partial charge on any atom is -0.488 e. The monoisotopic (exact) mass is 296 g/mol. The van der Waals surface area contributed by atoms with Crippen molar-refractivity contribution in [3.63, 3.8) is 0 Å². The van der Waals surface area contributed by atoms with Gasteiger partial charge in [0, 0.05) is 5.56 Å². The molecule has 0 radical (unpaired) electrons. The fourth-order valence-electron chi connectivity index (χ4n) is 1.84. The van der Waals surface area contributed by atoms with E-state index in [4.69, 9.17) is 4.74 Å². The third-order valence-electron chi connectivity index (χ3n) is 2.96. The van der Waals surface area contributed by atoms with Crippen LogP contribution in [-0.4, -0.2) is 21.1 Å². The molecule has 110 valence electrons. The average Bonchev–Trinajstić information content (AvgIpc) is 3.07. The molecule has 0 saturated heterocycles. The van der Waals surface area contributed by atoms with Crippen molar-refractivity contribution >= 4 is 6.21 Å². The van der Waals surface area contributed by atoms with Gasteiger partial charge in [-0.15, -0.1) is 10.2 Å². The van der Waals surface area contributed by atoms with Gasteiger partial charge in [0.1, 0.15) is 30.8 Å². The zero-order valence-corrected chi connectivity index (χ0v) is 11.6. The van der Waals surface area contributed by atoms with Gasteiger partial charge in [0.25, 0.3) is 0 Å². The molecule has 0 atom stereocenters. The Balaban J connectivity index is 1.72. The first-order valence-corrected chi connectivity index (χ1v) is 6.66. The van der Waals surface area contributed by atoms with Gasteiger partial charge in [-0.3, -0.25) is 0 Å². The molecule has 1 aromatic heterocycles. The Hall–Kier alpha value is -3.02. The predicted molar refractivity (Wildman–Crippen MR) is 80.2 cm³/mol. The Morgan fingerprint density at radius 3 is 2.55 bits per heavy atom. The van der Waals surface area contributed by atoms with Crippen molar-refractivity contribution in [3.8, 4) is 5.75 Å². The van der Waals surface area contributed by atoms with Gasteiger partial charge in [-0.05, 0) is 29.8 Å². The number of nitrogens with zero attached hydrogens (tertiary/aromatic N) is 4. The van der Waals surface area contributed by atoms with Gasteiger partial charge in [-0.25, -0.2) is 9.07 Å². The highest BCUT2D eigenvalue weighted by Gasteiger charge is 2.02. The second-order valence-corrected chi connectivity index (χ2v) is 4.54. The van der Waals surface area contributed by atoms with Crippen molar-refractivity contribution in [1.82, 2.24) is 14.9 Å². The summed E-state index contributed by atoms with van der Waals surface area (Å²) in [6, 6.07) is 13.8. The van der Waals surface area contributed by atoms with Crippen molar-refractivity contribution in [3.05, 3.63) is 78.1 Å². The van der Waals surface area contributed by atoms with Crippen LogP contribution in [0.2, 0.25) is 0 Å². The van der Waals surface area contributed by atoms with Crippen LogP contribution in [0.25, 0.3) is 0 Å². The number of para-hydroxylation sites is 1. The van der Waals surface area contributed by atoms with Crippen LogP contribution < -0.4 is 4.74 Å². The lowest BCUT2D eigenvalue weighted by molar-refractivity contribution is 0.305. The minimum atomic E-state index is -0.259. The molecule has 0 aliphatic rings. The van der Waals surface area contributed by atoms with Crippen LogP contribution in [0.3, 0.4) is 0 Å². The zero-order chi connectivity index (χ0) is 15.2. The molecule has 0 spiro atoms. The van der Waals surface area contributed by atoms with Crippen LogP contribution >= 0.6 is 0 Å². The third kappa shape index (κ3) is 3.54. The maximum Gasteiger partial charge on any atom is 0.141 e. The van der Waals surface area contributed by atoms with Crippen LogP contribution in [0.5, 0.6) is 5.75 Å². The molecule has 5 nitrogen and oxygen atoms in total. The van der Waals surface area contributed by atoms with Crippen LogP contribution in [-0.2, 0) is 6.61 Å². The summed E-state index contributed by atoms with van der Waals surface area (Å²) in [7, 11) is 0. The molecule has 3 aromatic rings. The summed E-state index contributed by atoms with van der Waals surface area (Å²) in [6.45, 7) is 0.359. The Morgan fingerprint density at radius 1 is 1.05 bits per heavy atom. The SMILES string of the molecule is Fc1ccc(COc2ccccc2/C=N/n2cnnc2)cc1. The molecule has 0 saturated carbocycles. The highest BCUT2D eigenvalue weighted by Crippen LogP contribution is 2.18. The van der Waals surface area contributed by atoms with E-state index >= 15 is 0 Å². The number of aromatic nitrogens is 3. The van der Waals surface area contributed by atoms with Gasteiger partial charge in [-0.1, -0.05) is 24.3 Å². The van der Waals surface area contributed by atoms with Crippen molar-refractivity contribution in [2.75, 3.05) is 0 Å². The number of hydrogen-bond donors (Lipinski definition) is 0.